The Bertz CT molecular complexity index is 3990. The molecule has 0 amide bonds. The lowest BCUT2D eigenvalue weighted by molar-refractivity contribution is -0.259. The summed E-state index contributed by atoms with van der Waals surface area (Å²) in [6.45, 7) is 17.0. The zero-order valence-electron chi connectivity index (χ0n) is 72.4. The second-order valence-electron chi connectivity index (χ2n) is 28.7. The lowest BCUT2D eigenvalue weighted by atomic mass is 9.99. The van der Waals surface area contributed by atoms with Gasteiger partial charge in [0, 0.05) is 156 Å². The van der Waals surface area contributed by atoms with Crippen LogP contribution in [0.2, 0.25) is 0 Å². The van der Waals surface area contributed by atoms with Crippen molar-refractivity contribution in [3.05, 3.63) is 0 Å². The molecule has 0 aliphatic carbocycles. The Morgan fingerprint density at radius 1 is 0.181 bits per heavy atom. The predicted molar refractivity (Wildman–Crippen MR) is 423 cm³/mol. The Hall–Kier alpha value is -9.09. The summed E-state index contributed by atoms with van der Waals surface area (Å²) in [6.07, 6.45) is -41.2. The minimum absolute atomic E-state index is 0.530. The number of rotatable bonds is 36. The van der Waals surface area contributed by atoms with E-state index in [-0.39, 0.29) is 0 Å². The molecule has 0 aromatic carbocycles. The van der Waals surface area contributed by atoms with Crippen LogP contribution >= 0.6 is 58.8 Å². The van der Waals surface area contributed by atoms with E-state index in [0.717, 1.165) is 138 Å². The number of ether oxygens (including phenoxy) is 26. The third-order valence-electron chi connectivity index (χ3n) is 17.9. The molecule has 6 saturated heterocycles. The van der Waals surface area contributed by atoms with E-state index in [1.54, 1.807) is 0 Å². The molecule has 0 bridgehead atoms. The number of carbonyl (C=O) groups excluding carboxylic acids is 20. The van der Waals surface area contributed by atoms with Crippen molar-refractivity contribution < 1.29 is 219 Å². The van der Waals surface area contributed by atoms with Crippen LogP contribution in [0.3, 0.4) is 0 Å². The van der Waals surface area contributed by atoms with Crippen LogP contribution in [-0.4, -0.2) is 335 Å². The van der Waals surface area contributed by atoms with Crippen LogP contribution in [0.1, 0.15) is 138 Å². The highest BCUT2D eigenvalue weighted by Gasteiger charge is 2.63. The fraction of sp³-hybridized carbons (Fsp3) is 0.737. The molecule has 0 N–H and O–H groups in total. The lowest BCUT2D eigenvalue weighted by Crippen LogP contribution is -2.65. The monoisotopic (exact) mass is 1910 g/mol. The summed E-state index contributed by atoms with van der Waals surface area (Å²) in [5, 5.41) is -3.40. The van der Waals surface area contributed by atoms with Gasteiger partial charge in [0.05, 0.1) is 10.5 Å². The molecular formula is C76H102O46S5. The summed E-state index contributed by atoms with van der Waals surface area (Å²) >= 11 is 3.03. The van der Waals surface area contributed by atoms with E-state index in [4.69, 9.17) is 123 Å². The van der Waals surface area contributed by atoms with Gasteiger partial charge in [-0.15, -0.1) is 58.8 Å². The quantitative estimate of drug-likeness (QED) is 0.0621. The largest absolute Gasteiger partial charge is 0.463 e. The highest BCUT2D eigenvalue weighted by atomic mass is 32.2. The maximum atomic E-state index is 14.0. The van der Waals surface area contributed by atoms with E-state index in [0.29, 0.717) is 58.8 Å². The average Bonchev–Trinajstić information content (AvgIpc) is 0.769. The fourth-order valence-electron chi connectivity index (χ4n) is 14.0. The highest BCUT2D eigenvalue weighted by Crippen LogP contribution is 2.49. The van der Waals surface area contributed by atoms with Crippen molar-refractivity contribution in [2.75, 3.05) is 37.1 Å². The Labute approximate surface area is 747 Å². The molecule has 30 atom stereocenters. The van der Waals surface area contributed by atoms with Crippen LogP contribution in [0.5, 0.6) is 0 Å². The number of hydrogen-bond donors (Lipinski definition) is 0. The van der Waals surface area contributed by atoms with Gasteiger partial charge in [0.2, 0.25) is 6.29 Å². The second kappa shape index (κ2) is 49.6. The van der Waals surface area contributed by atoms with Crippen LogP contribution in [0.15, 0.2) is 0 Å². The summed E-state index contributed by atoms with van der Waals surface area (Å²) in [5.41, 5.74) is -8.75. The number of thioether (sulfide) groups is 5. The molecule has 6 heterocycles. The SMILES string of the molecule is CC(=O)OC[C@H]1O[C@@H](SC[C@H]2O[C@@H](SC[C@H]3O[C@@H](SC[C@H]4O[C@@H](OC(C)=O)[C@H](OC(C)=O)[C@@H](S[C@@H]5O[C@H](COC(C)=O)[C@@H](OC(C)=O)[C@H](OC(C)=O)[C@H]5OC(C)=O)[C@@H]4OC(C)=O)[C@H](OC(C)=O)[C@@H](OC(C)=O)[C@@H]3OC(C)=O)[C@H](OC(C)=O)[C@@H](S[C@@H]3O[C@H](COC(C)=O)[C@@H](OC(C)=O)[C@H](OC(C)=O)[C@H]3OC(C)=O)[C@@H]2OC(C)=O)[C@H](OC(C)=O)[C@@H](OC(C)=O)[C@@H]1OC(C)=O. The highest BCUT2D eigenvalue weighted by molar-refractivity contribution is 8.01. The van der Waals surface area contributed by atoms with Crippen LogP contribution < -0.4 is 0 Å². The molecule has 6 rings (SSSR count). The molecule has 6 aliphatic heterocycles. The number of esters is 20. The van der Waals surface area contributed by atoms with Crippen molar-refractivity contribution in [2.24, 2.45) is 0 Å². The predicted octanol–water partition coefficient (Wildman–Crippen LogP) is 0.899. The van der Waals surface area contributed by atoms with Crippen molar-refractivity contribution in [3.8, 4) is 0 Å². The van der Waals surface area contributed by atoms with E-state index < -0.39 is 335 Å². The van der Waals surface area contributed by atoms with Crippen LogP contribution in [0, 0.1) is 0 Å². The first-order valence-corrected chi connectivity index (χ1v) is 43.9. The molecular weight excluding hydrogens is 1810 g/mol. The Balaban J connectivity index is 1.60. The van der Waals surface area contributed by atoms with Gasteiger partial charge in [-0.05, 0) is 0 Å². The number of hydrogen-bond acceptors (Lipinski definition) is 51. The Morgan fingerprint density at radius 2 is 0.362 bits per heavy atom. The molecule has 46 nitrogen and oxygen atoms in total. The van der Waals surface area contributed by atoms with Gasteiger partial charge in [0.15, 0.2) is 85.5 Å². The van der Waals surface area contributed by atoms with Crippen molar-refractivity contribution in [1.82, 2.24) is 0 Å². The average molecular weight is 1910 g/mol. The fourth-order valence-corrected chi connectivity index (χ4v) is 21.1. The van der Waals surface area contributed by atoms with E-state index >= 15 is 0 Å². The third kappa shape index (κ3) is 32.8. The van der Waals surface area contributed by atoms with Crippen molar-refractivity contribution in [3.63, 3.8) is 0 Å². The topological polar surface area (TPSA) is 581 Å². The minimum Gasteiger partial charge on any atom is -0.463 e. The molecule has 6 fully saturated rings. The molecule has 127 heavy (non-hydrogen) atoms. The maximum Gasteiger partial charge on any atom is 0.305 e. The van der Waals surface area contributed by atoms with Gasteiger partial charge in [-0.3, -0.25) is 95.9 Å². The van der Waals surface area contributed by atoms with E-state index in [1.807, 2.05) is 0 Å². The molecule has 0 aromatic heterocycles. The summed E-state index contributed by atoms with van der Waals surface area (Å²) in [6, 6.07) is 0. The Morgan fingerprint density at radius 3 is 0.630 bits per heavy atom. The molecule has 0 saturated carbocycles. The van der Waals surface area contributed by atoms with Gasteiger partial charge < -0.3 is 123 Å². The maximum absolute atomic E-state index is 14.0. The minimum atomic E-state index is -2.03. The zero-order valence-corrected chi connectivity index (χ0v) is 76.5. The smallest absolute Gasteiger partial charge is 0.305 e. The summed E-state index contributed by atoms with van der Waals surface area (Å²) in [4.78, 5) is 264. The van der Waals surface area contributed by atoms with E-state index in [9.17, 15) is 95.9 Å². The van der Waals surface area contributed by atoms with E-state index in [1.165, 1.54) is 0 Å². The van der Waals surface area contributed by atoms with Gasteiger partial charge in [-0.25, -0.2) is 0 Å². The molecule has 0 radical (unpaired) electrons. The number of carbonyl (C=O) groups is 20. The summed E-state index contributed by atoms with van der Waals surface area (Å²) < 4.78 is 155. The standard InChI is InChI=1S/C76H102O46S5/c1-27(77)97-21-47-53(100-30(4)80)59(106-36(10)86)63(110-40(14)90)72(118-47)124-26-52-58(105-35(9)85)70(127-76-66(113-43(17)93)61(108-38(12)88)55(102-32(6)82)49(120-76)23-99-29(3)79)68(115-45(19)95)74(122-52)125-24-50-56(103-33(7)83)62(109-39(13)89)64(111-41(15)91)73(121-50)123-25-51-57(104-34(8)84)69(67(114-44(18)94)71(117-51)116-46(20)96)126-75-65(112-42(16)92)60(107-37(11)87)54(101-31(5)81)48(119-75)22-98-28(2)78/h47-76H,21-26H2,1-20H3/t47-,48-,49-,50-,51-,52-,53-,54-,55-,56-,57-,58-,59+,60+,61+,62+,63-,64-,65-,66-,67-,68-,69+,70+,71-,72+,73+,74+,75+,76+/m1/s1. The van der Waals surface area contributed by atoms with Gasteiger partial charge in [0.25, 0.3) is 0 Å². The molecule has 6 aliphatic rings. The molecule has 712 valence electrons. The van der Waals surface area contributed by atoms with Gasteiger partial charge in [-0.2, -0.15) is 0 Å². The van der Waals surface area contributed by atoms with Crippen LogP contribution in [0.25, 0.3) is 0 Å². The van der Waals surface area contributed by atoms with Crippen molar-refractivity contribution in [1.29, 1.82) is 0 Å². The van der Waals surface area contributed by atoms with Gasteiger partial charge in [0.1, 0.15) is 95.8 Å². The first-order valence-electron chi connectivity index (χ1n) is 38.8. The first-order chi connectivity index (χ1) is 59.4. The van der Waals surface area contributed by atoms with Crippen LogP contribution in [0.4, 0.5) is 0 Å². The molecule has 51 heteroatoms. The van der Waals surface area contributed by atoms with Crippen molar-refractivity contribution >= 4 is 178 Å². The molecule has 0 aromatic rings. The van der Waals surface area contributed by atoms with Gasteiger partial charge >= 0.3 is 119 Å². The normalized spacial score (nSPS) is 32.6. The Kier molecular flexibility index (Phi) is 41.7. The van der Waals surface area contributed by atoms with Crippen LogP contribution in [-0.2, 0) is 219 Å². The van der Waals surface area contributed by atoms with Crippen molar-refractivity contribution in [2.45, 2.75) is 317 Å². The third-order valence-corrected chi connectivity index (χ3v) is 24.6. The second-order valence-corrected chi connectivity index (χ2v) is 34.6. The first kappa shape index (κ1) is 107. The lowest BCUT2D eigenvalue weighted by Gasteiger charge is -2.49. The van der Waals surface area contributed by atoms with Gasteiger partial charge in [-0.1, -0.05) is 0 Å². The van der Waals surface area contributed by atoms with E-state index in [2.05, 4.69) is 0 Å². The molecule has 0 unspecified atom stereocenters. The summed E-state index contributed by atoms with van der Waals surface area (Å²) in [7, 11) is 0. The summed E-state index contributed by atoms with van der Waals surface area (Å²) in [5.74, 6) is -22.5. The zero-order chi connectivity index (χ0) is 95.0. The molecule has 0 spiro atoms.